The molecule has 3 aromatic carbocycles. The fraction of sp³-hybridized carbons (Fsp3) is 0.214. The number of carbonyl (C=O) groups excluding carboxylic acids is 2. The normalized spacial score (nSPS) is 13.6. The highest BCUT2D eigenvalue weighted by Crippen LogP contribution is 2.39. The summed E-state index contributed by atoms with van der Waals surface area (Å²) in [6.07, 6.45) is 3.20. The van der Waals surface area contributed by atoms with Crippen LogP contribution in [0.25, 0.3) is 0 Å². The lowest BCUT2D eigenvalue weighted by Crippen LogP contribution is -2.32. The third kappa shape index (κ3) is 5.02. The number of anilines is 2. The molecule has 34 heavy (non-hydrogen) atoms. The molecule has 0 bridgehead atoms. The summed E-state index contributed by atoms with van der Waals surface area (Å²) >= 11 is 1.29. The summed E-state index contributed by atoms with van der Waals surface area (Å²) in [5.74, 6) is -0.130. The minimum absolute atomic E-state index is 0.245. The van der Waals surface area contributed by atoms with E-state index in [1.54, 1.807) is 7.11 Å². The first kappa shape index (κ1) is 23.6. The molecule has 2 amide bonds. The van der Waals surface area contributed by atoms with Gasteiger partial charge in [-0.25, -0.2) is 4.90 Å². The molecule has 0 saturated heterocycles. The minimum atomic E-state index is -0.383. The fourth-order valence-corrected chi connectivity index (χ4v) is 4.68. The Morgan fingerprint density at radius 3 is 2.29 bits per heavy atom. The largest absolute Gasteiger partial charge is 0.495 e. The first-order valence-electron chi connectivity index (χ1n) is 11.4. The zero-order chi connectivity index (χ0) is 24.1. The Morgan fingerprint density at radius 2 is 1.62 bits per heavy atom. The van der Waals surface area contributed by atoms with Crippen LogP contribution in [0, 0.1) is 6.92 Å². The Morgan fingerprint density at radius 1 is 0.912 bits per heavy atom. The van der Waals surface area contributed by atoms with Crippen molar-refractivity contribution < 1.29 is 14.3 Å². The van der Waals surface area contributed by atoms with Crippen molar-refractivity contribution in [1.29, 1.82) is 0 Å². The zero-order valence-electron chi connectivity index (χ0n) is 19.6. The van der Waals surface area contributed by atoms with E-state index in [4.69, 9.17) is 4.74 Å². The van der Waals surface area contributed by atoms with Gasteiger partial charge in [0.2, 0.25) is 0 Å². The number of amides is 2. The Bertz CT molecular complexity index is 1220. The van der Waals surface area contributed by atoms with E-state index in [9.17, 15) is 9.59 Å². The van der Waals surface area contributed by atoms with Crippen LogP contribution in [0.3, 0.4) is 0 Å². The molecule has 0 spiro atoms. The van der Waals surface area contributed by atoms with Crippen LogP contribution in [-0.2, 0) is 16.0 Å². The molecular formula is C28H28N2O3S. The maximum absolute atomic E-state index is 13.6. The van der Waals surface area contributed by atoms with Gasteiger partial charge in [-0.05, 0) is 61.7 Å². The molecule has 1 aliphatic rings. The molecule has 3 aromatic rings. The number of hydrogen-bond acceptors (Lipinski definition) is 5. The van der Waals surface area contributed by atoms with Gasteiger partial charge in [-0.1, -0.05) is 67.1 Å². The molecule has 0 aromatic heterocycles. The van der Waals surface area contributed by atoms with Crippen LogP contribution in [0.15, 0.2) is 88.3 Å². The molecule has 0 aliphatic carbocycles. The van der Waals surface area contributed by atoms with Gasteiger partial charge in [0.1, 0.15) is 16.4 Å². The second-order valence-corrected chi connectivity index (χ2v) is 9.24. The molecule has 1 aliphatic heterocycles. The molecule has 5 nitrogen and oxygen atoms in total. The van der Waals surface area contributed by atoms with E-state index < -0.39 is 0 Å². The van der Waals surface area contributed by atoms with E-state index in [-0.39, 0.29) is 17.5 Å². The summed E-state index contributed by atoms with van der Waals surface area (Å²) in [7, 11) is 1.57. The van der Waals surface area contributed by atoms with Crippen molar-refractivity contribution in [3.05, 3.63) is 94.5 Å². The number of para-hydroxylation sites is 2. The van der Waals surface area contributed by atoms with Crippen LogP contribution in [-0.4, -0.2) is 18.9 Å². The summed E-state index contributed by atoms with van der Waals surface area (Å²) in [5.41, 5.74) is 3.76. The summed E-state index contributed by atoms with van der Waals surface area (Å²) in [4.78, 5) is 29.6. The van der Waals surface area contributed by atoms with Gasteiger partial charge < -0.3 is 10.1 Å². The molecule has 0 unspecified atom stereocenters. The monoisotopic (exact) mass is 472 g/mol. The average molecular weight is 473 g/mol. The van der Waals surface area contributed by atoms with Crippen molar-refractivity contribution in [1.82, 2.24) is 0 Å². The van der Waals surface area contributed by atoms with E-state index >= 15 is 0 Å². The van der Waals surface area contributed by atoms with Gasteiger partial charge >= 0.3 is 0 Å². The van der Waals surface area contributed by atoms with Gasteiger partial charge in [0, 0.05) is 4.90 Å². The van der Waals surface area contributed by atoms with Crippen LogP contribution in [0.4, 0.5) is 11.4 Å². The number of rotatable bonds is 9. The van der Waals surface area contributed by atoms with Crippen molar-refractivity contribution >= 4 is 35.0 Å². The number of nitrogens with zero attached hydrogens (tertiary/aromatic N) is 1. The highest BCUT2D eigenvalue weighted by Gasteiger charge is 2.40. The standard InChI is InChI=1S/C28H28N2O3S/c1-4-5-8-20-13-15-21(16-14-20)30-27(31)25(29-23-9-6-7-10-24(23)33-3)26(28(30)32)34-22-17-11-19(2)12-18-22/h6-7,9-18,29H,4-5,8H2,1-3H3. The van der Waals surface area contributed by atoms with E-state index in [1.807, 2.05) is 79.7 Å². The van der Waals surface area contributed by atoms with Gasteiger partial charge in [-0.3, -0.25) is 9.59 Å². The van der Waals surface area contributed by atoms with Gasteiger partial charge in [-0.2, -0.15) is 0 Å². The Labute approximate surface area is 204 Å². The molecule has 0 saturated carbocycles. The third-order valence-electron chi connectivity index (χ3n) is 5.66. The minimum Gasteiger partial charge on any atom is -0.495 e. The summed E-state index contributed by atoms with van der Waals surface area (Å²) < 4.78 is 5.44. The van der Waals surface area contributed by atoms with Crippen molar-refractivity contribution in [3.63, 3.8) is 0 Å². The molecular weight excluding hydrogens is 444 g/mol. The lowest BCUT2D eigenvalue weighted by Gasteiger charge is -2.16. The zero-order valence-corrected chi connectivity index (χ0v) is 20.4. The number of carbonyl (C=O) groups is 2. The Kier molecular flexibility index (Phi) is 7.38. The van der Waals surface area contributed by atoms with Gasteiger partial charge in [0.05, 0.1) is 18.5 Å². The number of unbranched alkanes of at least 4 members (excludes halogenated alkanes) is 1. The molecule has 0 atom stereocenters. The summed E-state index contributed by atoms with van der Waals surface area (Å²) in [5, 5.41) is 3.18. The second-order valence-electron chi connectivity index (χ2n) is 8.16. The highest BCUT2D eigenvalue weighted by atomic mass is 32.2. The number of methoxy groups -OCH3 is 1. The fourth-order valence-electron chi connectivity index (χ4n) is 3.75. The molecule has 0 radical (unpaired) electrons. The van der Waals surface area contributed by atoms with Crippen LogP contribution in [0.1, 0.15) is 30.9 Å². The number of thioether (sulfide) groups is 1. The summed E-state index contributed by atoms with van der Waals surface area (Å²) in [6, 6.07) is 22.9. The number of hydrogen-bond donors (Lipinski definition) is 1. The number of aryl methyl sites for hydroxylation is 2. The number of ether oxygens (including phenoxy) is 1. The second kappa shape index (κ2) is 10.6. The van der Waals surface area contributed by atoms with Crippen LogP contribution in [0.2, 0.25) is 0 Å². The van der Waals surface area contributed by atoms with Crippen LogP contribution >= 0.6 is 11.8 Å². The van der Waals surface area contributed by atoms with E-state index in [0.717, 1.165) is 29.7 Å². The van der Waals surface area contributed by atoms with Crippen molar-refractivity contribution in [2.24, 2.45) is 0 Å². The smallest absolute Gasteiger partial charge is 0.283 e. The first-order chi connectivity index (χ1) is 16.5. The molecule has 1 N–H and O–H groups in total. The number of benzene rings is 3. The molecule has 6 heteroatoms. The summed E-state index contributed by atoms with van der Waals surface area (Å²) in [6.45, 7) is 4.17. The predicted octanol–water partition coefficient (Wildman–Crippen LogP) is 6.34. The Hall–Kier alpha value is -3.51. The molecule has 4 rings (SSSR count). The van der Waals surface area contributed by atoms with Crippen LogP contribution < -0.4 is 15.0 Å². The lowest BCUT2D eigenvalue weighted by atomic mass is 10.1. The van der Waals surface area contributed by atoms with Crippen molar-refractivity contribution in [3.8, 4) is 5.75 Å². The quantitative estimate of drug-likeness (QED) is 0.369. The number of nitrogens with one attached hydrogen (secondary N) is 1. The average Bonchev–Trinajstić information content (AvgIpc) is 3.08. The molecule has 1 heterocycles. The van der Waals surface area contributed by atoms with E-state index in [0.29, 0.717) is 22.0 Å². The third-order valence-corrected chi connectivity index (χ3v) is 6.75. The number of imide groups is 1. The maximum atomic E-state index is 13.6. The van der Waals surface area contributed by atoms with Crippen molar-refractivity contribution in [2.75, 3.05) is 17.3 Å². The van der Waals surface area contributed by atoms with Crippen molar-refractivity contribution in [2.45, 2.75) is 38.0 Å². The first-order valence-corrected chi connectivity index (χ1v) is 12.2. The van der Waals surface area contributed by atoms with Gasteiger partial charge in [0.15, 0.2) is 0 Å². The Balaban J connectivity index is 1.69. The molecule has 174 valence electrons. The van der Waals surface area contributed by atoms with Crippen LogP contribution in [0.5, 0.6) is 5.75 Å². The van der Waals surface area contributed by atoms with E-state index in [1.165, 1.54) is 22.2 Å². The van der Waals surface area contributed by atoms with Gasteiger partial charge in [-0.15, -0.1) is 0 Å². The van der Waals surface area contributed by atoms with Gasteiger partial charge in [0.25, 0.3) is 11.8 Å². The maximum Gasteiger partial charge on any atom is 0.283 e. The van der Waals surface area contributed by atoms with E-state index in [2.05, 4.69) is 12.2 Å². The SMILES string of the molecule is CCCCc1ccc(N2C(=O)C(Nc3ccccc3OC)=C(Sc3ccc(C)cc3)C2=O)cc1. The topological polar surface area (TPSA) is 58.6 Å². The molecule has 0 fully saturated rings. The highest BCUT2D eigenvalue weighted by molar-refractivity contribution is 8.04. The lowest BCUT2D eigenvalue weighted by molar-refractivity contribution is -0.120. The predicted molar refractivity (Wildman–Crippen MR) is 138 cm³/mol.